The molecule has 1 heterocycles. The first-order chi connectivity index (χ1) is 8.43. The molecule has 6 nitrogen and oxygen atoms in total. The Bertz CT molecular complexity index is 444. The van der Waals surface area contributed by atoms with Crippen molar-refractivity contribution in [3.8, 4) is 0 Å². The summed E-state index contributed by atoms with van der Waals surface area (Å²) in [6.07, 6.45) is -1.08. The minimum Gasteiger partial charge on any atom is -0.479 e. The van der Waals surface area contributed by atoms with Gasteiger partial charge in [-0.2, -0.15) is 0 Å². The molecule has 1 aromatic heterocycles. The number of nitrogens with one attached hydrogen (secondary N) is 1. The number of carboxylic acid groups (broad SMARTS) is 1. The SMILES string of the molecule is COC(CNC(=O)c1cc(C)nc(Cl)c1)C(=O)O. The second-order valence-electron chi connectivity index (χ2n) is 3.59. The molecule has 0 aromatic carbocycles. The second-order valence-corrected chi connectivity index (χ2v) is 3.98. The first kappa shape index (κ1) is 14.4. The quantitative estimate of drug-likeness (QED) is 0.777. The standard InChI is InChI=1S/C11H13ClN2O4/c1-6-3-7(4-9(12)14-6)10(15)13-5-8(18-2)11(16)17/h3-4,8H,5H2,1-2H3,(H,13,15)(H,16,17). The number of nitrogens with zero attached hydrogens (tertiary/aromatic N) is 1. The third kappa shape index (κ3) is 3.97. The first-order valence-corrected chi connectivity index (χ1v) is 5.50. The van der Waals surface area contributed by atoms with Crippen molar-refractivity contribution in [2.45, 2.75) is 13.0 Å². The topological polar surface area (TPSA) is 88.5 Å². The van der Waals surface area contributed by atoms with Crippen molar-refractivity contribution in [2.75, 3.05) is 13.7 Å². The van der Waals surface area contributed by atoms with E-state index in [0.717, 1.165) is 0 Å². The minimum atomic E-state index is -1.14. The number of carbonyl (C=O) groups is 2. The van der Waals surface area contributed by atoms with E-state index in [2.05, 4.69) is 10.3 Å². The Hall–Kier alpha value is -1.66. The van der Waals surface area contributed by atoms with Crippen molar-refractivity contribution >= 4 is 23.5 Å². The number of hydrogen-bond acceptors (Lipinski definition) is 4. The van der Waals surface area contributed by atoms with Gasteiger partial charge >= 0.3 is 5.97 Å². The number of amides is 1. The van der Waals surface area contributed by atoms with E-state index < -0.39 is 18.0 Å². The lowest BCUT2D eigenvalue weighted by molar-refractivity contribution is -0.148. The number of pyridine rings is 1. The molecule has 7 heteroatoms. The van der Waals surface area contributed by atoms with Crippen LogP contribution in [0.5, 0.6) is 0 Å². The average molecular weight is 273 g/mol. The third-order valence-corrected chi connectivity index (χ3v) is 2.39. The van der Waals surface area contributed by atoms with Gasteiger partial charge in [-0.25, -0.2) is 9.78 Å². The summed E-state index contributed by atoms with van der Waals surface area (Å²) in [6.45, 7) is 1.58. The van der Waals surface area contributed by atoms with Crippen molar-refractivity contribution in [3.63, 3.8) is 0 Å². The molecule has 0 radical (unpaired) electrons. The van der Waals surface area contributed by atoms with Gasteiger partial charge in [0.2, 0.25) is 0 Å². The van der Waals surface area contributed by atoms with E-state index in [9.17, 15) is 9.59 Å². The van der Waals surface area contributed by atoms with Gasteiger partial charge in [0.15, 0.2) is 6.10 Å². The largest absolute Gasteiger partial charge is 0.479 e. The van der Waals surface area contributed by atoms with E-state index in [0.29, 0.717) is 11.3 Å². The number of ether oxygens (including phenoxy) is 1. The van der Waals surface area contributed by atoms with Crippen LogP contribution in [0.2, 0.25) is 5.15 Å². The summed E-state index contributed by atoms with van der Waals surface area (Å²) in [4.78, 5) is 26.3. The van der Waals surface area contributed by atoms with Crippen LogP contribution < -0.4 is 5.32 Å². The maximum Gasteiger partial charge on any atom is 0.334 e. The monoisotopic (exact) mass is 272 g/mol. The molecule has 18 heavy (non-hydrogen) atoms. The summed E-state index contributed by atoms with van der Waals surface area (Å²) in [5.74, 6) is -1.56. The number of aromatic nitrogens is 1. The summed E-state index contributed by atoms with van der Waals surface area (Å²) in [5, 5.41) is 11.4. The summed E-state index contributed by atoms with van der Waals surface area (Å²) >= 11 is 5.72. The fraction of sp³-hybridized carbons (Fsp3) is 0.364. The smallest absolute Gasteiger partial charge is 0.334 e. The zero-order valence-electron chi connectivity index (χ0n) is 9.94. The molecule has 0 saturated heterocycles. The van der Waals surface area contributed by atoms with Crippen LogP contribution in [0.15, 0.2) is 12.1 Å². The lowest BCUT2D eigenvalue weighted by atomic mass is 10.2. The molecular weight excluding hydrogens is 260 g/mol. The lowest BCUT2D eigenvalue weighted by Crippen LogP contribution is -2.37. The van der Waals surface area contributed by atoms with Crippen LogP contribution in [-0.2, 0) is 9.53 Å². The molecule has 1 amide bonds. The Balaban J connectivity index is 2.68. The third-order valence-electron chi connectivity index (χ3n) is 2.19. The Kier molecular flexibility index (Phi) is 5.06. The molecule has 0 aliphatic heterocycles. The highest BCUT2D eigenvalue weighted by molar-refractivity contribution is 6.29. The van der Waals surface area contributed by atoms with Gasteiger partial charge in [0, 0.05) is 18.4 Å². The molecule has 1 aromatic rings. The van der Waals surface area contributed by atoms with Gasteiger partial charge in [0.25, 0.3) is 5.91 Å². The molecule has 0 bridgehead atoms. The number of rotatable bonds is 5. The second kappa shape index (κ2) is 6.32. The van der Waals surface area contributed by atoms with Crippen LogP contribution in [0.4, 0.5) is 0 Å². The number of aliphatic carboxylic acids is 1. The van der Waals surface area contributed by atoms with E-state index in [1.165, 1.54) is 13.2 Å². The molecule has 0 fully saturated rings. The van der Waals surface area contributed by atoms with Crippen molar-refractivity contribution in [3.05, 3.63) is 28.5 Å². The fourth-order valence-corrected chi connectivity index (χ4v) is 1.57. The first-order valence-electron chi connectivity index (χ1n) is 5.12. The van der Waals surface area contributed by atoms with Crippen LogP contribution in [0.25, 0.3) is 0 Å². The maximum atomic E-state index is 11.7. The van der Waals surface area contributed by atoms with Gasteiger partial charge in [-0.15, -0.1) is 0 Å². The number of hydrogen-bond donors (Lipinski definition) is 2. The van der Waals surface area contributed by atoms with Gasteiger partial charge in [-0.3, -0.25) is 4.79 Å². The van der Waals surface area contributed by atoms with Crippen molar-refractivity contribution in [2.24, 2.45) is 0 Å². The van der Waals surface area contributed by atoms with Crippen LogP contribution in [0.1, 0.15) is 16.1 Å². The highest BCUT2D eigenvalue weighted by atomic mass is 35.5. The zero-order valence-corrected chi connectivity index (χ0v) is 10.7. The van der Waals surface area contributed by atoms with Gasteiger partial charge in [-0.05, 0) is 19.1 Å². The van der Waals surface area contributed by atoms with E-state index in [4.69, 9.17) is 21.4 Å². The van der Waals surface area contributed by atoms with Crippen LogP contribution in [-0.4, -0.2) is 41.7 Å². The average Bonchev–Trinajstić information content (AvgIpc) is 2.27. The van der Waals surface area contributed by atoms with Crippen molar-refractivity contribution in [1.29, 1.82) is 0 Å². The van der Waals surface area contributed by atoms with Gasteiger partial charge in [0.05, 0.1) is 6.54 Å². The van der Waals surface area contributed by atoms with E-state index in [1.54, 1.807) is 13.0 Å². The van der Waals surface area contributed by atoms with Gasteiger partial charge in [0.1, 0.15) is 5.15 Å². The highest BCUT2D eigenvalue weighted by Crippen LogP contribution is 2.10. The zero-order chi connectivity index (χ0) is 13.7. The fourth-order valence-electron chi connectivity index (χ4n) is 1.32. The Morgan fingerprint density at radius 3 is 2.72 bits per heavy atom. The molecular formula is C11H13ClN2O4. The molecule has 0 aliphatic rings. The number of carboxylic acids is 1. The summed E-state index contributed by atoms with van der Waals surface area (Å²) in [7, 11) is 1.26. The number of carbonyl (C=O) groups excluding carboxylic acids is 1. The summed E-state index contributed by atoms with van der Waals surface area (Å²) in [5.41, 5.74) is 0.932. The van der Waals surface area contributed by atoms with Crippen molar-refractivity contribution < 1.29 is 19.4 Å². The lowest BCUT2D eigenvalue weighted by Gasteiger charge is -2.11. The predicted molar refractivity (Wildman–Crippen MR) is 64.8 cm³/mol. The molecule has 1 unspecified atom stereocenters. The highest BCUT2D eigenvalue weighted by Gasteiger charge is 2.17. The molecule has 1 rings (SSSR count). The molecule has 2 N–H and O–H groups in total. The van der Waals surface area contributed by atoms with Gasteiger partial charge < -0.3 is 15.2 Å². The van der Waals surface area contributed by atoms with E-state index in [-0.39, 0.29) is 11.7 Å². The molecule has 1 atom stereocenters. The van der Waals surface area contributed by atoms with Crippen molar-refractivity contribution in [1.82, 2.24) is 10.3 Å². The minimum absolute atomic E-state index is 0.121. The normalized spacial score (nSPS) is 11.9. The van der Waals surface area contributed by atoms with Crippen LogP contribution >= 0.6 is 11.6 Å². The Labute approximate surface area is 109 Å². The van der Waals surface area contributed by atoms with E-state index in [1.807, 2.05) is 0 Å². The summed E-state index contributed by atoms with van der Waals surface area (Å²) < 4.78 is 4.69. The van der Waals surface area contributed by atoms with E-state index >= 15 is 0 Å². The molecule has 0 aliphatic carbocycles. The Morgan fingerprint density at radius 1 is 1.56 bits per heavy atom. The maximum absolute atomic E-state index is 11.7. The van der Waals surface area contributed by atoms with Crippen LogP contribution in [0.3, 0.4) is 0 Å². The molecule has 98 valence electrons. The Morgan fingerprint density at radius 2 is 2.22 bits per heavy atom. The summed E-state index contributed by atoms with van der Waals surface area (Å²) in [6, 6.07) is 2.97. The van der Waals surface area contributed by atoms with Gasteiger partial charge in [-0.1, -0.05) is 11.6 Å². The van der Waals surface area contributed by atoms with Crippen LogP contribution in [0, 0.1) is 6.92 Å². The predicted octanol–water partition coefficient (Wildman–Crippen LogP) is 0.873. The number of aryl methyl sites for hydroxylation is 1. The number of halogens is 1. The molecule has 0 saturated carbocycles. The molecule has 0 spiro atoms. The number of methoxy groups -OCH3 is 1.